The molecule has 0 atom stereocenters. The number of nitrogens with one attached hydrogen (secondary N) is 1. The second-order valence-corrected chi connectivity index (χ2v) is 8.96. The molecule has 0 aliphatic rings. The number of hydrogen-bond donors (Lipinski definition) is 1. The summed E-state index contributed by atoms with van der Waals surface area (Å²) >= 11 is 6.85. The van der Waals surface area contributed by atoms with Crippen molar-refractivity contribution in [3.8, 4) is 23.3 Å². The second-order valence-electron chi connectivity index (χ2n) is 7.26. The van der Waals surface area contributed by atoms with Gasteiger partial charge < -0.3 is 19.5 Å². The molecule has 0 saturated heterocycles. The third-order valence-corrected chi connectivity index (χ3v) is 6.07. The molecule has 0 spiro atoms. The fourth-order valence-corrected chi connectivity index (χ4v) is 4.68. The van der Waals surface area contributed by atoms with Crippen LogP contribution in [0.25, 0.3) is 6.08 Å². The SMILES string of the molecule is COc1ccc(C(=O)Oc2cc(/C=C(\C#N)C(=O)Nc3c(Br)cc(C)cc3Br)ccc2OC)cc1. The van der Waals surface area contributed by atoms with Crippen LogP contribution < -0.4 is 19.5 Å². The number of benzene rings is 3. The third-order valence-electron chi connectivity index (χ3n) is 4.82. The molecule has 35 heavy (non-hydrogen) atoms. The normalized spacial score (nSPS) is 10.8. The lowest BCUT2D eigenvalue weighted by molar-refractivity contribution is -0.112. The Hall–Kier alpha value is -3.61. The molecule has 0 bridgehead atoms. The zero-order valence-corrected chi connectivity index (χ0v) is 22.2. The van der Waals surface area contributed by atoms with Gasteiger partial charge in [-0.15, -0.1) is 0 Å². The highest BCUT2D eigenvalue weighted by atomic mass is 79.9. The van der Waals surface area contributed by atoms with Gasteiger partial charge in [0.15, 0.2) is 11.5 Å². The fourth-order valence-electron chi connectivity index (χ4n) is 3.06. The number of rotatable bonds is 7. The van der Waals surface area contributed by atoms with Crippen molar-refractivity contribution in [2.75, 3.05) is 19.5 Å². The highest BCUT2D eigenvalue weighted by Crippen LogP contribution is 2.33. The maximum Gasteiger partial charge on any atom is 0.343 e. The predicted octanol–water partition coefficient (Wildman–Crippen LogP) is 6.30. The molecule has 178 valence electrons. The molecule has 0 saturated carbocycles. The van der Waals surface area contributed by atoms with Crippen LogP contribution in [0.2, 0.25) is 0 Å². The van der Waals surface area contributed by atoms with Crippen LogP contribution in [0.5, 0.6) is 17.2 Å². The summed E-state index contributed by atoms with van der Waals surface area (Å²) in [5.41, 5.74) is 2.15. The van der Waals surface area contributed by atoms with Crippen molar-refractivity contribution in [2.45, 2.75) is 6.92 Å². The van der Waals surface area contributed by atoms with E-state index in [1.165, 1.54) is 26.4 Å². The summed E-state index contributed by atoms with van der Waals surface area (Å²) in [7, 11) is 2.98. The lowest BCUT2D eigenvalue weighted by Crippen LogP contribution is -2.14. The van der Waals surface area contributed by atoms with Crippen LogP contribution in [-0.4, -0.2) is 26.1 Å². The van der Waals surface area contributed by atoms with Gasteiger partial charge in [0.05, 0.1) is 25.5 Å². The first-order valence-corrected chi connectivity index (χ1v) is 11.8. The fraction of sp³-hybridized carbons (Fsp3) is 0.115. The van der Waals surface area contributed by atoms with E-state index < -0.39 is 11.9 Å². The lowest BCUT2D eigenvalue weighted by atomic mass is 10.1. The Morgan fingerprint density at radius 1 is 0.943 bits per heavy atom. The molecule has 3 aromatic rings. The average Bonchev–Trinajstić information content (AvgIpc) is 2.84. The minimum atomic E-state index is -0.598. The first-order valence-electron chi connectivity index (χ1n) is 10.2. The van der Waals surface area contributed by atoms with Gasteiger partial charge in [0, 0.05) is 8.95 Å². The van der Waals surface area contributed by atoms with Crippen LogP contribution in [0.3, 0.4) is 0 Å². The summed E-state index contributed by atoms with van der Waals surface area (Å²) in [6, 6.07) is 16.8. The number of anilines is 1. The third kappa shape index (κ3) is 6.50. The topological polar surface area (TPSA) is 97.7 Å². The number of carbonyl (C=O) groups is 2. The predicted molar refractivity (Wildman–Crippen MR) is 140 cm³/mol. The van der Waals surface area contributed by atoms with Gasteiger partial charge in [-0.2, -0.15) is 5.26 Å². The zero-order chi connectivity index (χ0) is 25.5. The molecule has 1 amide bonds. The van der Waals surface area contributed by atoms with Crippen molar-refractivity contribution in [3.05, 3.63) is 85.8 Å². The van der Waals surface area contributed by atoms with E-state index in [1.807, 2.05) is 25.1 Å². The average molecular weight is 600 g/mol. The van der Waals surface area contributed by atoms with Gasteiger partial charge in [0.25, 0.3) is 5.91 Å². The van der Waals surface area contributed by atoms with Crippen LogP contribution in [-0.2, 0) is 4.79 Å². The maximum absolute atomic E-state index is 12.8. The number of methoxy groups -OCH3 is 2. The number of amides is 1. The van der Waals surface area contributed by atoms with E-state index in [-0.39, 0.29) is 11.3 Å². The Labute approximate surface area is 219 Å². The highest BCUT2D eigenvalue weighted by molar-refractivity contribution is 9.11. The van der Waals surface area contributed by atoms with E-state index in [4.69, 9.17) is 14.2 Å². The lowest BCUT2D eigenvalue weighted by Gasteiger charge is -2.11. The van der Waals surface area contributed by atoms with Gasteiger partial charge in [0.1, 0.15) is 17.4 Å². The van der Waals surface area contributed by atoms with Gasteiger partial charge in [-0.05, 0) is 105 Å². The van der Waals surface area contributed by atoms with Crippen molar-refractivity contribution < 1.29 is 23.8 Å². The molecule has 0 unspecified atom stereocenters. The van der Waals surface area contributed by atoms with Crippen molar-refractivity contribution in [3.63, 3.8) is 0 Å². The molecule has 0 aliphatic carbocycles. The van der Waals surface area contributed by atoms with E-state index in [2.05, 4.69) is 37.2 Å². The van der Waals surface area contributed by atoms with Gasteiger partial charge in [0.2, 0.25) is 0 Å². The quantitative estimate of drug-likeness (QED) is 0.148. The van der Waals surface area contributed by atoms with Gasteiger partial charge >= 0.3 is 5.97 Å². The largest absolute Gasteiger partial charge is 0.497 e. The number of aryl methyl sites for hydroxylation is 1. The van der Waals surface area contributed by atoms with Crippen molar-refractivity contribution in [1.29, 1.82) is 5.26 Å². The maximum atomic E-state index is 12.8. The minimum Gasteiger partial charge on any atom is -0.497 e. The van der Waals surface area contributed by atoms with Crippen LogP contribution in [0.1, 0.15) is 21.5 Å². The Morgan fingerprint density at radius 3 is 2.17 bits per heavy atom. The Morgan fingerprint density at radius 2 is 1.60 bits per heavy atom. The molecule has 3 rings (SSSR count). The molecule has 0 fully saturated rings. The smallest absolute Gasteiger partial charge is 0.343 e. The summed E-state index contributed by atoms with van der Waals surface area (Å²) < 4.78 is 17.3. The van der Waals surface area contributed by atoms with Gasteiger partial charge in [-0.25, -0.2) is 4.79 Å². The molecule has 0 radical (unpaired) electrons. The summed E-state index contributed by atoms with van der Waals surface area (Å²) in [6.45, 7) is 1.92. The monoisotopic (exact) mass is 598 g/mol. The summed E-state index contributed by atoms with van der Waals surface area (Å²) in [5, 5.41) is 12.3. The number of halogens is 2. The highest BCUT2D eigenvalue weighted by Gasteiger charge is 2.16. The molecule has 9 heteroatoms. The van der Waals surface area contributed by atoms with E-state index >= 15 is 0 Å². The molecule has 0 heterocycles. The van der Waals surface area contributed by atoms with Crippen LogP contribution >= 0.6 is 31.9 Å². The molecular formula is C26H20Br2N2O5. The molecule has 7 nitrogen and oxygen atoms in total. The molecular weight excluding hydrogens is 580 g/mol. The Bertz CT molecular complexity index is 1320. The summed E-state index contributed by atoms with van der Waals surface area (Å²) in [5.74, 6) is -0.119. The van der Waals surface area contributed by atoms with Crippen LogP contribution in [0.15, 0.2) is 69.1 Å². The number of esters is 1. The number of carbonyl (C=O) groups excluding carboxylic acids is 2. The minimum absolute atomic E-state index is 0.137. The molecule has 1 N–H and O–H groups in total. The molecule has 3 aromatic carbocycles. The Kier molecular flexibility index (Phi) is 8.68. The van der Waals surface area contributed by atoms with E-state index in [0.717, 1.165) is 5.56 Å². The first-order chi connectivity index (χ1) is 16.7. The van der Waals surface area contributed by atoms with Crippen molar-refractivity contribution in [2.24, 2.45) is 0 Å². The van der Waals surface area contributed by atoms with Crippen molar-refractivity contribution in [1.82, 2.24) is 0 Å². The number of nitriles is 1. The number of ether oxygens (including phenoxy) is 3. The van der Waals surface area contributed by atoms with E-state index in [0.29, 0.717) is 37.3 Å². The van der Waals surface area contributed by atoms with E-state index in [1.54, 1.807) is 36.4 Å². The second kappa shape index (κ2) is 11.7. The van der Waals surface area contributed by atoms with E-state index in [9.17, 15) is 14.9 Å². The summed E-state index contributed by atoms with van der Waals surface area (Å²) in [4.78, 5) is 25.4. The first kappa shape index (κ1) is 26.0. The molecule has 0 aromatic heterocycles. The standard InChI is InChI=1S/C26H20Br2N2O5/c1-15-10-20(27)24(21(28)11-15)30-25(31)18(14-29)12-16-4-9-22(34-3)23(13-16)35-26(32)17-5-7-19(33-2)8-6-17/h4-13H,1-3H3,(H,30,31)/b18-12+. The molecule has 0 aliphatic heterocycles. The van der Waals surface area contributed by atoms with Gasteiger partial charge in [-0.1, -0.05) is 6.07 Å². The summed E-state index contributed by atoms with van der Waals surface area (Å²) in [6.07, 6.45) is 1.40. The Balaban J connectivity index is 1.86. The number of hydrogen-bond acceptors (Lipinski definition) is 6. The van der Waals surface area contributed by atoms with Gasteiger partial charge in [-0.3, -0.25) is 4.79 Å². The van der Waals surface area contributed by atoms with Crippen LogP contribution in [0.4, 0.5) is 5.69 Å². The zero-order valence-electron chi connectivity index (χ0n) is 19.0. The van der Waals surface area contributed by atoms with Crippen LogP contribution in [0, 0.1) is 18.3 Å². The number of nitrogens with zero attached hydrogens (tertiary/aromatic N) is 1. The van der Waals surface area contributed by atoms with Crippen molar-refractivity contribution >= 4 is 55.5 Å².